The molecule has 3 N–H and O–H groups in total. The molecular formula is C19H17N5O. The summed E-state index contributed by atoms with van der Waals surface area (Å²) in [5.41, 5.74) is 4.49. The summed E-state index contributed by atoms with van der Waals surface area (Å²) in [6.07, 6.45) is 4.48. The molecule has 0 unspecified atom stereocenters. The van der Waals surface area contributed by atoms with E-state index in [0.717, 1.165) is 35.1 Å². The molecule has 6 heteroatoms. The fourth-order valence-corrected chi connectivity index (χ4v) is 2.74. The quantitative estimate of drug-likeness (QED) is 0.525. The minimum atomic E-state index is -0.207. The van der Waals surface area contributed by atoms with Crippen molar-refractivity contribution < 1.29 is 0 Å². The molecule has 25 heavy (non-hydrogen) atoms. The lowest BCUT2D eigenvalue weighted by molar-refractivity contribution is 0.984. The highest BCUT2D eigenvalue weighted by Crippen LogP contribution is 2.21. The van der Waals surface area contributed by atoms with Crippen LogP contribution in [0.3, 0.4) is 0 Å². The monoisotopic (exact) mass is 331 g/mol. The van der Waals surface area contributed by atoms with E-state index in [2.05, 4.69) is 37.4 Å². The molecule has 4 aromatic rings. The molecule has 4 rings (SSSR count). The zero-order valence-corrected chi connectivity index (χ0v) is 13.5. The SMILES string of the molecule is O=c1[nH]c2ccc(-c3cnc(NCCc4ccccc4)nc3)cc2[nH]1. The van der Waals surface area contributed by atoms with E-state index in [1.807, 2.05) is 36.4 Å². The Morgan fingerprint density at radius 2 is 1.64 bits per heavy atom. The maximum Gasteiger partial charge on any atom is 0.323 e. The van der Waals surface area contributed by atoms with Gasteiger partial charge in [-0.3, -0.25) is 0 Å². The molecule has 0 aliphatic carbocycles. The molecule has 0 amide bonds. The first-order chi connectivity index (χ1) is 12.3. The molecule has 0 aliphatic rings. The van der Waals surface area contributed by atoms with Crippen molar-refractivity contribution in [3.05, 3.63) is 77.0 Å². The lowest BCUT2D eigenvalue weighted by atomic mass is 10.1. The first kappa shape index (κ1) is 15.1. The number of aromatic amines is 2. The topological polar surface area (TPSA) is 86.5 Å². The number of nitrogens with one attached hydrogen (secondary N) is 3. The average molecular weight is 331 g/mol. The molecule has 0 aliphatic heterocycles. The summed E-state index contributed by atoms with van der Waals surface area (Å²) >= 11 is 0. The molecule has 0 atom stereocenters. The van der Waals surface area contributed by atoms with E-state index in [9.17, 15) is 4.79 Å². The van der Waals surface area contributed by atoms with E-state index in [-0.39, 0.29) is 5.69 Å². The van der Waals surface area contributed by atoms with Crippen LogP contribution in [0.15, 0.2) is 65.7 Å². The Balaban J connectivity index is 1.44. The summed E-state index contributed by atoms with van der Waals surface area (Å²) in [7, 11) is 0. The minimum absolute atomic E-state index is 0.207. The van der Waals surface area contributed by atoms with E-state index in [1.165, 1.54) is 5.56 Å². The van der Waals surface area contributed by atoms with E-state index < -0.39 is 0 Å². The number of hydrogen-bond donors (Lipinski definition) is 3. The van der Waals surface area contributed by atoms with Crippen LogP contribution in [0.5, 0.6) is 0 Å². The molecule has 0 bridgehead atoms. The zero-order chi connectivity index (χ0) is 17.1. The molecule has 0 radical (unpaired) electrons. The van der Waals surface area contributed by atoms with Crippen molar-refractivity contribution in [3.8, 4) is 11.1 Å². The van der Waals surface area contributed by atoms with Crippen LogP contribution in [0.2, 0.25) is 0 Å². The van der Waals surface area contributed by atoms with Crippen molar-refractivity contribution in [2.75, 3.05) is 11.9 Å². The number of fused-ring (bicyclic) bond motifs is 1. The van der Waals surface area contributed by atoms with Crippen molar-refractivity contribution in [2.24, 2.45) is 0 Å². The van der Waals surface area contributed by atoms with Gasteiger partial charge in [-0.2, -0.15) is 0 Å². The van der Waals surface area contributed by atoms with Gasteiger partial charge in [0.15, 0.2) is 0 Å². The number of rotatable bonds is 5. The van der Waals surface area contributed by atoms with E-state index >= 15 is 0 Å². The molecule has 2 aromatic carbocycles. The normalized spacial score (nSPS) is 10.9. The summed E-state index contributed by atoms with van der Waals surface area (Å²) in [6.45, 7) is 0.778. The Kier molecular flexibility index (Phi) is 4.00. The molecule has 124 valence electrons. The van der Waals surface area contributed by atoms with Crippen LogP contribution in [-0.4, -0.2) is 26.5 Å². The van der Waals surface area contributed by atoms with Gasteiger partial charge in [0.05, 0.1) is 11.0 Å². The van der Waals surface area contributed by atoms with Gasteiger partial charge < -0.3 is 15.3 Å². The van der Waals surface area contributed by atoms with E-state index in [1.54, 1.807) is 12.4 Å². The van der Waals surface area contributed by atoms with Crippen LogP contribution < -0.4 is 11.0 Å². The fourth-order valence-electron chi connectivity index (χ4n) is 2.74. The number of hydrogen-bond acceptors (Lipinski definition) is 4. The largest absolute Gasteiger partial charge is 0.354 e. The Morgan fingerprint density at radius 1 is 0.880 bits per heavy atom. The van der Waals surface area contributed by atoms with Crippen LogP contribution in [0.1, 0.15) is 5.56 Å². The third kappa shape index (κ3) is 3.42. The van der Waals surface area contributed by atoms with Gasteiger partial charge in [0, 0.05) is 24.5 Å². The highest BCUT2D eigenvalue weighted by atomic mass is 16.1. The van der Waals surface area contributed by atoms with Crippen LogP contribution in [0.4, 0.5) is 5.95 Å². The molecule has 0 fully saturated rings. The number of H-pyrrole nitrogens is 2. The number of aromatic nitrogens is 4. The smallest absolute Gasteiger partial charge is 0.323 e. The van der Waals surface area contributed by atoms with Crippen LogP contribution in [0, 0.1) is 0 Å². The van der Waals surface area contributed by atoms with Crippen molar-refractivity contribution in [2.45, 2.75) is 6.42 Å². The second-order valence-electron chi connectivity index (χ2n) is 5.80. The fraction of sp³-hybridized carbons (Fsp3) is 0.105. The van der Waals surface area contributed by atoms with Crippen LogP contribution in [0.25, 0.3) is 22.2 Å². The number of anilines is 1. The van der Waals surface area contributed by atoms with E-state index in [4.69, 9.17) is 0 Å². The van der Waals surface area contributed by atoms with Crippen molar-refractivity contribution in [3.63, 3.8) is 0 Å². The summed E-state index contributed by atoms with van der Waals surface area (Å²) in [4.78, 5) is 25.6. The van der Waals surface area contributed by atoms with Gasteiger partial charge in [-0.1, -0.05) is 36.4 Å². The van der Waals surface area contributed by atoms with Gasteiger partial charge >= 0.3 is 5.69 Å². The third-order valence-electron chi connectivity index (χ3n) is 4.04. The highest BCUT2D eigenvalue weighted by molar-refractivity contribution is 5.81. The summed E-state index contributed by atoms with van der Waals surface area (Å²) in [6, 6.07) is 16.0. The van der Waals surface area contributed by atoms with Gasteiger partial charge in [-0.05, 0) is 29.7 Å². The molecule has 0 saturated heterocycles. The van der Waals surface area contributed by atoms with Gasteiger partial charge in [0.2, 0.25) is 5.95 Å². The highest BCUT2D eigenvalue weighted by Gasteiger charge is 2.04. The Labute approximate surface area is 144 Å². The van der Waals surface area contributed by atoms with Gasteiger partial charge in [0.1, 0.15) is 0 Å². The van der Waals surface area contributed by atoms with E-state index in [0.29, 0.717) is 5.95 Å². The second-order valence-corrected chi connectivity index (χ2v) is 5.80. The summed E-state index contributed by atoms with van der Waals surface area (Å²) in [5.74, 6) is 0.607. The number of benzene rings is 2. The zero-order valence-electron chi connectivity index (χ0n) is 13.5. The van der Waals surface area contributed by atoms with Crippen LogP contribution in [-0.2, 0) is 6.42 Å². The first-order valence-corrected chi connectivity index (χ1v) is 8.10. The lowest BCUT2D eigenvalue weighted by Gasteiger charge is -2.06. The van der Waals surface area contributed by atoms with Crippen molar-refractivity contribution in [1.29, 1.82) is 0 Å². The molecular weight excluding hydrogens is 314 g/mol. The maximum atomic E-state index is 11.3. The molecule has 2 aromatic heterocycles. The molecule has 0 spiro atoms. The predicted molar refractivity (Wildman–Crippen MR) is 98.6 cm³/mol. The summed E-state index contributed by atoms with van der Waals surface area (Å²) < 4.78 is 0. The lowest BCUT2D eigenvalue weighted by Crippen LogP contribution is -2.07. The van der Waals surface area contributed by atoms with Crippen molar-refractivity contribution in [1.82, 2.24) is 19.9 Å². The van der Waals surface area contributed by atoms with Crippen LogP contribution >= 0.6 is 0 Å². The van der Waals surface area contributed by atoms with Gasteiger partial charge in [-0.25, -0.2) is 14.8 Å². The average Bonchev–Trinajstić information content (AvgIpc) is 3.02. The summed E-state index contributed by atoms with van der Waals surface area (Å²) in [5, 5.41) is 3.23. The first-order valence-electron chi connectivity index (χ1n) is 8.10. The third-order valence-corrected chi connectivity index (χ3v) is 4.04. The van der Waals surface area contributed by atoms with Gasteiger partial charge in [0.25, 0.3) is 0 Å². The number of imidazole rings is 1. The molecule has 6 nitrogen and oxygen atoms in total. The minimum Gasteiger partial charge on any atom is -0.354 e. The van der Waals surface area contributed by atoms with Crippen molar-refractivity contribution >= 4 is 17.0 Å². The number of nitrogens with zero attached hydrogens (tertiary/aromatic N) is 2. The van der Waals surface area contributed by atoms with Gasteiger partial charge in [-0.15, -0.1) is 0 Å². The Hall–Kier alpha value is -3.41. The predicted octanol–water partition coefficient (Wildman–Crippen LogP) is 2.97. The molecule has 0 saturated carbocycles. The maximum absolute atomic E-state index is 11.3. The molecule has 2 heterocycles. The second kappa shape index (κ2) is 6.60. The Morgan fingerprint density at radius 3 is 2.44 bits per heavy atom. The Bertz CT molecular complexity index is 1030. The standard InChI is InChI=1S/C19H17N5O/c25-19-23-16-7-6-14(10-17(16)24-19)15-11-21-18(22-12-15)20-9-8-13-4-2-1-3-5-13/h1-7,10-12H,8-9H2,(H,20,21,22)(H2,23,24,25).